The van der Waals surface area contributed by atoms with Crippen molar-refractivity contribution in [1.82, 2.24) is 59.2 Å². The van der Waals surface area contributed by atoms with Crippen LogP contribution in [0.2, 0.25) is 15.1 Å². The fourth-order valence-corrected chi connectivity index (χ4v) is 17.6. The summed E-state index contributed by atoms with van der Waals surface area (Å²) in [6.45, 7) is 24.5. The number of aromatic amines is 2. The second-order valence-electron chi connectivity index (χ2n) is 27.9. The number of piperazine rings is 3. The third-order valence-corrected chi connectivity index (χ3v) is 24.1. The van der Waals surface area contributed by atoms with E-state index in [1.165, 1.54) is 51.4 Å². The third kappa shape index (κ3) is 16.7. The van der Waals surface area contributed by atoms with Crippen LogP contribution in [0.15, 0.2) is 114 Å². The van der Waals surface area contributed by atoms with Crippen LogP contribution in [-0.4, -0.2) is 210 Å². The second-order valence-corrected chi connectivity index (χ2v) is 32.2. The highest BCUT2D eigenvalue weighted by Crippen LogP contribution is 2.35. The molecule has 5 N–H and O–H groups in total. The van der Waals surface area contributed by atoms with Crippen molar-refractivity contribution in [2.75, 3.05) is 84.4 Å². The summed E-state index contributed by atoms with van der Waals surface area (Å²) >= 11 is 24.8. The highest BCUT2D eigenvalue weighted by molar-refractivity contribution is 7.10. The Labute approximate surface area is 622 Å². The molecule has 6 aromatic heterocycles. The van der Waals surface area contributed by atoms with Crippen LogP contribution in [0.25, 0.3) is 32.7 Å². The molecule has 0 unspecified atom stereocenters. The van der Waals surface area contributed by atoms with Crippen molar-refractivity contribution in [3.05, 3.63) is 171 Å². The molecule has 9 aromatic rings. The van der Waals surface area contributed by atoms with Gasteiger partial charge in [0.05, 0.1) is 48.4 Å². The average molecular weight is 1500 g/mol. The zero-order chi connectivity index (χ0) is 72.0. The summed E-state index contributed by atoms with van der Waals surface area (Å²) in [5.74, 6) is 3.58. The molecule has 540 valence electrons. The highest BCUT2D eigenvalue weighted by Gasteiger charge is 2.38. The van der Waals surface area contributed by atoms with E-state index >= 15 is 0 Å². The van der Waals surface area contributed by atoms with E-state index in [4.69, 9.17) is 40.6 Å². The molecule has 0 spiro atoms. The molecule has 15 rings (SSSR count). The quantitative estimate of drug-likeness (QED) is 0.0481. The fraction of sp³-hybridized carbons (Fsp3) is 0.434. The lowest BCUT2D eigenvalue weighted by Crippen LogP contribution is -2.57. The summed E-state index contributed by atoms with van der Waals surface area (Å²) in [4.78, 5) is 118. The molecular formula is C76H90Cl3N13O7S3. The lowest BCUT2D eigenvalue weighted by molar-refractivity contribution is -0.126. The Morgan fingerprint density at radius 3 is 1.29 bits per heavy atom. The van der Waals surface area contributed by atoms with Gasteiger partial charge < -0.3 is 45.6 Å². The Hall–Kier alpha value is -7.42. The van der Waals surface area contributed by atoms with Gasteiger partial charge in [-0.05, 0) is 170 Å². The van der Waals surface area contributed by atoms with Crippen LogP contribution in [0.4, 0.5) is 0 Å². The van der Waals surface area contributed by atoms with Gasteiger partial charge in [-0.15, -0.1) is 34.0 Å². The number of nitrogens with zero attached hydrogens (tertiary/aromatic N) is 9. The minimum absolute atomic E-state index is 0.00879. The standard InChI is InChI=1S/C26H30ClN5O3S.C26H29ClN4O3S.C20H22ClN3OS.C4H9N/c1-16-13-31(17(2)12-30(16)14-18-6-5-9-36-18)25(34)20-10-19-21(15-32(28)23(19)11-22(20)27)24(33)26(35)29-7-3-4-8-29;1-16-14-31(17(2)13-30(16)15-18-6-5-9-35-18)25(33)20-10-19-21(12-28-23(19)11-22(20)27)24(32)26(34)29-7-3-4-8-29;1-13-11-24(14(2)10-23(13)12-16-4-3-7-26-16)20(25)17-8-15-5-6-22-19(15)9-18(17)21;1-2-4-5-3-1/h5-6,9-11,15-17H,3-4,7-8,12-14,28H2,1-2H3;5-6,9-12,16-17,28H,3-4,7-8,13-15H2,1-2H3;3-9,13-14,22H,10-12H2,1-2H3;5H,1-4H2/t2*16-,17+;13-,14+;/m000./s1. The van der Waals surface area contributed by atoms with E-state index in [1.807, 2.05) is 46.0 Å². The van der Waals surface area contributed by atoms with Crippen LogP contribution >= 0.6 is 68.8 Å². The number of amides is 5. The van der Waals surface area contributed by atoms with Crippen molar-refractivity contribution >= 4 is 143 Å². The summed E-state index contributed by atoms with van der Waals surface area (Å²) < 4.78 is 1.29. The number of ketones is 2. The fourth-order valence-electron chi connectivity index (χ4n) is 14.7. The van der Waals surface area contributed by atoms with E-state index in [1.54, 1.807) is 74.3 Å². The minimum Gasteiger partial charge on any atom is -0.361 e. The van der Waals surface area contributed by atoms with E-state index in [9.17, 15) is 33.6 Å². The molecule has 6 atom stereocenters. The number of nitrogens with one attached hydrogen (secondary N) is 3. The van der Waals surface area contributed by atoms with Crippen LogP contribution in [0, 0.1) is 0 Å². The molecule has 102 heavy (non-hydrogen) atoms. The molecular weight excluding hydrogens is 1410 g/mol. The van der Waals surface area contributed by atoms with Crippen molar-refractivity contribution in [2.24, 2.45) is 0 Å². The van der Waals surface area contributed by atoms with Crippen LogP contribution in [0.5, 0.6) is 0 Å². The van der Waals surface area contributed by atoms with Crippen LogP contribution in [0.1, 0.15) is 146 Å². The number of Topliss-reactive ketones (excluding diaryl/α,β-unsaturated/α-hetero) is 2. The Balaban J connectivity index is 0.000000141. The molecule has 6 aliphatic rings. The Morgan fingerprint density at radius 2 is 0.873 bits per heavy atom. The van der Waals surface area contributed by atoms with Gasteiger partial charge in [0.2, 0.25) is 0 Å². The van der Waals surface area contributed by atoms with Gasteiger partial charge in [0.25, 0.3) is 41.1 Å². The number of carbonyl (C=O) groups is 7. The van der Waals surface area contributed by atoms with Crippen molar-refractivity contribution < 1.29 is 33.6 Å². The largest absolute Gasteiger partial charge is 0.361 e. The number of carbonyl (C=O) groups excluding carboxylic acids is 7. The molecule has 26 heteroatoms. The summed E-state index contributed by atoms with van der Waals surface area (Å²) in [6.07, 6.45) is 11.2. The molecule has 0 radical (unpaired) electrons. The molecule has 0 aliphatic carbocycles. The number of nitrogens with two attached hydrogens (primary N) is 1. The number of hydrogen-bond donors (Lipinski definition) is 4. The maximum absolute atomic E-state index is 13.7. The molecule has 0 bridgehead atoms. The smallest absolute Gasteiger partial charge is 0.295 e. The Bertz CT molecular complexity index is 4460. The molecule has 6 aliphatic heterocycles. The van der Waals surface area contributed by atoms with Crippen LogP contribution in [0.3, 0.4) is 0 Å². The number of hydrogen-bond acceptors (Lipinski definition) is 15. The Morgan fingerprint density at radius 1 is 0.461 bits per heavy atom. The van der Waals surface area contributed by atoms with Gasteiger partial charge in [0, 0.05) is 182 Å². The number of H-pyrrole nitrogens is 2. The minimum atomic E-state index is -0.615. The van der Waals surface area contributed by atoms with E-state index in [-0.39, 0.29) is 64.1 Å². The van der Waals surface area contributed by atoms with E-state index in [0.717, 1.165) is 75.9 Å². The van der Waals surface area contributed by atoms with E-state index in [0.29, 0.717) is 100 Å². The number of halogens is 3. The van der Waals surface area contributed by atoms with Gasteiger partial charge in [0.15, 0.2) is 0 Å². The Kier molecular flexibility index (Phi) is 24.1. The number of nitrogen functional groups attached to an aromatic ring is 1. The van der Waals surface area contributed by atoms with Gasteiger partial charge >= 0.3 is 0 Å². The molecule has 6 saturated heterocycles. The number of likely N-dealkylation sites (tertiary alicyclic amines) is 2. The first-order valence-electron chi connectivity index (χ1n) is 35.4. The van der Waals surface area contributed by atoms with E-state index in [2.05, 4.69) is 117 Å². The monoisotopic (exact) mass is 1500 g/mol. The maximum atomic E-state index is 13.7. The first-order valence-corrected chi connectivity index (χ1v) is 39.1. The molecule has 5 amide bonds. The molecule has 12 heterocycles. The number of fused-ring (bicyclic) bond motifs is 3. The zero-order valence-corrected chi connectivity index (χ0v) is 63.3. The van der Waals surface area contributed by atoms with Gasteiger partial charge in [-0.3, -0.25) is 52.9 Å². The second kappa shape index (κ2) is 33.1. The lowest BCUT2D eigenvalue weighted by Gasteiger charge is -2.44. The molecule has 20 nitrogen and oxygen atoms in total. The van der Waals surface area contributed by atoms with Crippen LogP contribution < -0.4 is 11.2 Å². The topological polar surface area (TPSA) is 220 Å². The van der Waals surface area contributed by atoms with Crippen molar-refractivity contribution in [1.29, 1.82) is 0 Å². The average Bonchev–Trinajstić information content (AvgIpc) is 1.52. The summed E-state index contributed by atoms with van der Waals surface area (Å²) in [7, 11) is 0. The predicted molar refractivity (Wildman–Crippen MR) is 410 cm³/mol. The summed E-state index contributed by atoms with van der Waals surface area (Å²) in [6, 6.07) is 25.7. The first-order chi connectivity index (χ1) is 49.1. The lowest BCUT2D eigenvalue weighted by atomic mass is 10.0. The predicted octanol–water partition coefficient (Wildman–Crippen LogP) is 13.0. The zero-order valence-electron chi connectivity index (χ0n) is 58.6. The molecule has 0 saturated carbocycles. The summed E-state index contributed by atoms with van der Waals surface area (Å²) in [5.41, 5.74) is 3.80. The van der Waals surface area contributed by atoms with Gasteiger partial charge in [-0.1, -0.05) is 53.0 Å². The third-order valence-electron chi connectivity index (χ3n) is 20.6. The normalized spacial score (nSPS) is 21.2. The van der Waals surface area contributed by atoms with Crippen molar-refractivity contribution in [2.45, 2.75) is 136 Å². The number of aromatic nitrogens is 3. The maximum Gasteiger partial charge on any atom is 0.295 e. The number of thiophene rings is 3. The van der Waals surface area contributed by atoms with Crippen molar-refractivity contribution in [3.8, 4) is 0 Å². The molecule has 6 fully saturated rings. The van der Waals surface area contributed by atoms with Gasteiger partial charge in [0.1, 0.15) is 0 Å². The molecule has 3 aromatic carbocycles. The van der Waals surface area contributed by atoms with Gasteiger partial charge in [-0.25, -0.2) is 0 Å². The van der Waals surface area contributed by atoms with Crippen molar-refractivity contribution in [3.63, 3.8) is 0 Å². The highest BCUT2D eigenvalue weighted by atomic mass is 35.5. The number of rotatable bonds is 13. The van der Waals surface area contributed by atoms with Gasteiger partial charge in [-0.2, -0.15) is 0 Å². The SMILES string of the molecule is C1CCNC1.C[C@@H]1CN(Cc2cccs2)[C@@H](C)CN1C(=O)c1cc2c(C(=O)C(=O)N3CCCC3)c[nH]c2cc1Cl.C[C@@H]1CN(Cc2cccs2)[C@@H](C)CN1C(=O)c1cc2c(C(=O)C(=O)N3CCCC3)cn(N)c2cc1Cl.C[C@@H]1CN(Cc2cccs2)[C@@H](C)CN1C(=O)c1cc2cc[nH]c2cc1Cl. The first kappa shape index (κ1) is 74.3. The summed E-state index contributed by atoms with van der Waals surface area (Å²) in [5, 5.41) is 12.6. The number of benzene rings is 3. The van der Waals surface area contributed by atoms with E-state index < -0.39 is 23.4 Å². The van der Waals surface area contributed by atoms with Crippen LogP contribution in [-0.2, 0) is 29.2 Å².